The van der Waals surface area contributed by atoms with Crippen LogP contribution in [0.3, 0.4) is 0 Å². The first kappa shape index (κ1) is 19.0. The van der Waals surface area contributed by atoms with Crippen LogP contribution in [0.4, 0.5) is 0 Å². The number of benzene rings is 1. The molecule has 0 bridgehead atoms. The van der Waals surface area contributed by atoms with Crippen LogP contribution < -0.4 is 10.1 Å². The van der Waals surface area contributed by atoms with Crippen LogP contribution in [0.15, 0.2) is 24.3 Å². The number of rotatable bonds is 4. The molecule has 1 aromatic rings. The summed E-state index contributed by atoms with van der Waals surface area (Å²) in [4.78, 5) is 14.9. The highest BCUT2D eigenvalue weighted by atomic mass is 35.5. The number of carbonyl (C=O) groups is 1. The smallest absolute Gasteiger partial charge is 0.223 e. The van der Waals surface area contributed by atoms with Gasteiger partial charge < -0.3 is 19.7 Å². The third-order valence-electron chi connectivity index (χ3n) is 4.87. The summed E-state index contributed by atoms with van der Waals surface area (Å²) in [6, 6.07) is 8.05. The molecule has 6 heteroatoms. The quantitative estimate of drug-likeness (QED) is 0.902. The highest BCUT2D eigenvalue weighted by Crippen LogP contribution is 2.31. The molecule has 3 rings (SSSR count). The molecule has 0 spiro atoms. The van der Waals surface area contributed by atoms with E-state index in [1.807, 2.05) is 23.1 Å². The van der Waals surface area contributed by atoms with Gasteiger partial charge >= 0.3 is 0 Å². The van der Waals surface area contributed by atoms with Crippen molar-refractivity contribution in [1.82, 2.24) is 10.2 Å². The number of methoxy groups -OCH3 is 1. The predicted molar refractivity (Wildman–Crippen MR) is 95.7 cm³/mol. The van der Waals surface area contributed by atoms with Gasteiger partial charge in [0.05, 0.1) is 13.2 Å². The molecule has 2 aliphatic heterocycles. The number of halogens is 1. The third-order valence-corrected chi connectivity index (χ3v) is 4.87. The topological polar surface area (TPSA) is 50.8 Å². The zero-order valence-electron chi connectivity index (χ0n) is 14.2. The van der Waals surface area contributed by atoms with Crippen LogP contribution in [-0.4, -0.2) is 50.8 Å². The molecule has 0 aromatic heterocycles. The molecule has 1 N–H and O–H groups in total. The van der Waals surface area contributed by atoms with Gasteiger partial charge in [0.1, 0.15) is 5.75 Å². The first-order valence-corrected chi connectivity index (χ1v) is 8.50. The number of piperazine rings is 1. The molecule has 1 atom stereocenters. The van der Waals surface area contributed by atoms with Gasteiger partial charge in [0.2, 0.25) is 5.91 Å². The first-order chi connectivity index (χ1) is 11.3. The van der Waals surface area contributed by atoms with Gasteiger partial charge in [-0.25, -0.2) is 0 Å². The Kier molecular flexibility index (Phi) is 7.34. The molecule has 0 radical (unpaired) electrons. The standard InChI is InChI=1S/C18H26N2O3.ClH/c1-22-17-5-3-2-4-15(17)16-13-19-8-9-20(16)18(21)12-14-6-10-23-11-7-14;/h2-5,14,16,19H,6-13H2,1H3;1H. The van der Waals surface area contributed by atoms with E-state index in [0.717, 1.165) is 57.0 Å². The Morgan fingerprint density at radius 3 is 2.83 bits per heavy atom. The van der Waals surface area contributed by atoms with E-state index in [0.29, 0.717) is 12.3 Å². The van der Waals surface area contributed by atoms with Crippen molar-refractivity contribution < 1.29 is 14.3 Å². The van der Waals surface area contributed by atoms with Gasteiger partial charge in [0.15, 0.2) is 0 Å². The van der Waals surface area contributed by atoms with Crippen molar-refractivity contribution in [3.8, 4) is 5.75 Å². The predicted octanol–water partition coefficient (Wildman–Crippen LogP) is 2.41. The number of nitrogens with one attached hydrogen (secondary N) is 1. The summed E-state index contributed by atoms with van der Waals surface area (Å²) >= 11 is 0. The Morgan fingerprint density at radius 2 is 2.08 bits per heavy atom. The van der Waals surface area contributed by atoms with Crippen molar-refractivity contribution in [2.24, 2.45) is 5.92 Å². The monoisotopic (exact) mass is 354 g/mol. The maximum absolute atomic E-state index is 12.9. The van der Waals surface area contributed by atoms with Gasteiger partial charge in [-0.2, -0.15) is 0 Å². The summed E-state index contributed by atoms with van der Waals surface area (Å²) in [7, 11) is 1.68. The van der Waals surface area contributed by atoms with Gasteiger partial charge in [0, 0.05) is 44.8 Å². The Labute approximate surface area is 150 Å². The van der Waals surface area contributed by atoms with Crippen molar-refractivity contribution in [3.63, 3.8) is 0 Å². The van der Waals surface area contributed by atoms with E-state index in [2.05, 4.69) is 11.4 Å². The molecule has 1 unspecified atom stereocenters. The first-order valence-electron chi connectivity index (χ1n) is 8.50. The normalized spacial score (nSPS) is 21.9. The van der Waals surface area contributed by atoms with Crippen molar-refractivity contribution in [2.45, 2.75) is 25.3 Å². The average molecular weight is 355 g/mol. The van der Waals surface area contributed by atoms with Crippen LogP contribution >= 0.6 is 12.4 Å². The van der Waals surface area contributed by atoms with Crippen molar-refractivity contribution in [1.29, 1.82) is 0 Å². The zero-order valence-corrected chi connectivity index (χ0v) is 15.0. The number of nitrogens with zero attached hydrogens (tertiary/aromatic N) is 1. The molecule has 2 saturated heterocycles. The number of amides is 1. The summed E-state index contributed by atoms with van der Waals surface area (Å²) in [5.41, 5.74) is 1.09. The molecular formula is C18H27ClN2O3. The van der Waals surface area contributed by atoms with Gasteiger partial charge in [-0.3, -0.25) is 4.79 Å². The Morgan fingerprint density at radius 1 is 1.33 bits per heavy atom. The Balaban J connectivity index is 0.00000208. The van der Waals surface area contributed by atoms with Crippen LogP contribution in [0.2, 0.25) is 0 Å². The Bertz CT molecular complexity index is 535. The van der Waals surface area contributed by atoms with Gasteiger partial charge in [-0.1, -0.05) is 18.2 Å². The van der Waals surface area contributed by atoms with Crippen molar-refractivity contribution >= 4 is 18.3 Å². The molecule has 1 aromatic carbocycles. The largest absolute Gasteiger partial charge is 0.496 e. The fourth-order valence-corrected chi connectivity index (χ4v) is 3.54. The van der Waals surface area contributed by atoms with E-state index in [1.54, 1.807) is 7.11 Å². The highest BCUT2D eigenvalue weighted by Gasteiger charge is 2.31. The third kappa shape index (κ3) is 4.41. The fourth-order valence-electron chi connectivity index (χ4n) is 3.54. The lowest BCUT2D eigenvalue weighted by molar-refractivity contribution is -0.136. The summed E-state index contributed by atoms with van der Waals surface area (Å²) < 4.78 is 10.9. The summed E-state index contributed by atoms with van der Waals surface area (Å²) in [6.45, 7) is 3.96. The molecule has 24 heavy (non-hydrogen) atoms. The van der Waals surface area contributed by atoms with Gasteiger partial charge in [-0.15, -0.1) is 12.4 Å². The van der Waals surface area contributed by atoms with Crippen LogP contribution in [0.25, 0.3) is 0 Å². The van der Waals surface area contributed by atoms with E-state index in [1.165, 1.54) is 0 Å². The second-order valence-corrected chi connectivity index (χ2v) is 6.31. The van der Waals surface area contributed by atoms with E-state index >= 15 is 0 Å². The lowest BCUT2D eigenvalue weighted by Gasteiger charge is -2.38. The van der Waals surface area contributed by atoms with E-state index < -0.39 is 0 Å². The van der Waals surface area contributed by atoms with E-state index in [4.69, 9.17) is 9.47 Å². The fraction of sp³-hybridized carbons (Fsp3) is 0.611. The second kappa shape index (κ2) is 9.25. The number of para-hydroxylation sites is 1. The summed E-state index contributed by atoms with van der Waals surface area (Å²) in [5, 5.41) is 3.40. The minimum Gasteiger partial charge on any atom is -0.496 e. The molecule has 1 amide bonds. The molecule has 2 heterocycles. The average Bonchev–Trinajstić information content (AvgIpc) is 2.62. The number of carbonyl (C=O) groups excluding carboxylic acids is 1. The highest BCUT2D eigenvalue weighted by molar-refractivity contribution is 5.85. The second-order valence-electron chi connectivity index (χ2n) is 6.31. The van der Waals surface area contributed by atoms with Gasteiger partial charge in [-0.05, 0) is 24.8 Å². The Hall–Kier alpha value is -1.30. The lowest BCUT2D eigenvalue weighted by Crippen LogP contribution is -2.49. The zero-order chi connectivity index (χ0) is 16.1. The van der Waals surface area contributed by atoms with Crippen molar-refractivity contribution in [2.75, 3.05) is 40.0 Å². The number of hydrogen-bond acceptors (Lipinski definition) is 4. The van der Waals surface area contributed by atoms with Crippen LogP contribution in [-0.2, 0) is 9.53 Å². The minimum atomic E-state index is 0. The van der Waals surface area contributed by atoms with Gasteiger partial charge in [0.25, 0.3) is 0 Å². The number of ether oxygens (including phenoxy) is 2. The lowest BCUT2D eigenvalue weighted by atomic mass is 9.94. The van der Waals surface area contributed by atoms with Crippen molar-refractivity contribution in [3.05, 3.63) is 29.8 Å². The van der Waals surface area contributed by atoms with Crippen LogP contribution in [0, 0.1) is 5.92 Å². The molecule has 0 saturated carbocycles. The molecule has 134 valence electrons. The molecule has 2 fully saturated rings. The SMILES string of the molecule is COc1ccccc1C1CNCCN1C(=O)CC1CCOCC1.Cl. The van der Waals surface area contributed by atoms with E-state index in [9.17, 15) is 4.79 Å². The minimum absolute atomic E-state index is 0. The maximum Gasteiger partial charge on any atom is 0.223 e. The molecular weight excluding hydrogens is 328 g/mol. The van der Waals surface area contributed by atoms with Crippen LogP contribution in [0.5, 0.6) is 5.75 Å². The number of hydrogen-bond donors (Lipinski definition) is 1. The maximum atomic E-state index is 12.9. The summed E-state index contributed by atoms with van der Waals surface area (Å²) in [6.07, 6.45) is 2.63. The molecule has 5 nitrogen and oxygen atoms in total. The molecule has 0 aliphatic carbocycles. The molecule has 2 aliphatic rings. The van der Waals surface area contributed by atoms with E-state index in [-0.39, 0.29) is 24.4 Å². The summed E-state index contributed by atoms with van der Waals surface area (Å²) in [5.74, 6) is 1.57. The van der Waals surface area contributed by atoms with Crippen LogP contribution in [0.1, 0.15) is 30.9 Å².